The molecule has 0 amide bonds. The average Bonchev–Trinajstić information content (AvgIpc) is 3.08. The molecule has 0 aliphatic carbocycles. The van der Waals surface area contributed by atoms with Gasteiger partial charge in [-0.2, -0.15) is 0 Å². The number of aryl methyl sites for hydroxylation is 2. The van der Waals surface area contributed by atoms with Crippen molar-refractivity contribution in [2.75, 3.05) is 11.9 Å². The normalized spacial score (nSPS) is 11.1. The maximum Gasteiger partial charge on any atom is 0.255 e. The summed E-state index contributed by atoms with van der Waals surface area (Å²) in [6.45, 7) is 3.77. The Bertz CT molecular complexity index is 1200. The number of aliphatic hydroxyl groups excluding tert-OH is 1. The van der Waals surface area contributed by atoms with Gasteiger partial charge in [0.2, 0.25) is 5.95 Å². The zero-order valence-corrected chi connectivity index (χ0v) is 16.4. The van der Waals surface area contributed by atoms with E-state index in [1.54, 1.807) is 18.3 Å². The molecule has 4 rings (SSSR count). The number of H-pyrrole nitrogens is 1. The van der Waals surface area contributed by atoms with Gasteiger partial charge in [0.25, 0.3) is 5.56 Å². The Hall–Kier alpha value is -3.03. The molecule has 4 aromatic rings. The third-order valence-electron chi connectivity index (χ3n) is 4.52. The van der Waals surface area contributed by atoms with Gasteiger partial charge >= 0.3 is 0 Å². The second-order valence-corrected chi connectivity index (χ2v) is 7.68. The Morgan fingerprint density at radius 1 is 1.11 bits per heavy atom. The van der Waals surface area contributed by atoms with Crippen LogP contribution < -0.4 is 10.9 Å². The van der Waals surface area contributed by atoms with E-state index in [0.717, 1.165) is 21.8 Å². The molecule has 28 heavy (non-hydrogen) atoms. The number of thiazole rings is 1. The Morgan fingerprint density at radius 2 is 1.89 bits per heavy atom. The lowest BCUT2D eigenvalue weighted by Gasteiger charge is -2.09. The zero-order chi connectivity index (χ0) is 19.7. The molecule has 0 radical (unpaired) electrons. The van der Waals surface area contributed by atoms with Gasteiger partial charge in [0, 0.05) is 29.8 Å². The highest BCUT2D eigenvalue weighted by atomic mass is 32.1. The van der Waals surface area contributed by atoms with Gasteiger partial charge in [-0.25, -0.2) is 9.97 Å². The fraction of sp³-hybridized carbons (Fsp3) is 0.190. The molecule has 6 nitrogen and oxygen atoms in total. The molecule has 2 aromatic heterocycles. The number of rotatable bonds is 5. The summed E-state index contributed by atoms with van der Waals surface area (Å²) >= 11 is 1.67. The number of aromatic amines is 1. The molecule has 0 saturated carbocycles. The van der Waals surface area contributed by atoms with Crippen LogP contribution >= 0.6 is 11.3 Å². The second kappa shape index (κ2) is 7.53. The number of nitrogens with one attached hydrogen (secondary N) is 2. The Kier molecular flexibility index (Phi) is 4.93. The molecule has 0 fully saturated rings. The third-order valence-corrected chi connectivity index (χ3v) is 5.59. The first-order valence-corrected chi connectivity index (χ1v) is 9.80. The molecule has 0 bridgehead atoms. The largest absolute Gasteiger partial charge is 0.396 e. The highest BCUT2D eigenvalue weighted by molar-refractivity contribution is 7.21. The van der Waals surface area contributed by atoms with Gasteiger partial charge in [-0.05, 0) is 55.8 Å². The summed E-state index contributed by atoms with van der Waals surface area (Å²) in [5, 5.41) is 13.1. The first-order valence-electron chi connectivity index (χ1n) is 8.99. The highest BCUT2D eigenvalue weighted by Gasteiger charge is 2.09. The molecule has 0 aliphatic rings. The first-order chi connectivity index (χ1) is 13.5. The van der Waals surface area contributed by atoms with Crippen molar-refractivity contribution in [1.29, 1.82) is 0 Å². The van der Waals surface area contributed by atoms with Crippen LogP contribution in [0.15, 0.2) is 47.3 Å². The smallest absolute Gasteiger partial charge is 0.255 e. The van der Waals surface area contributed by atoms with Crippen LogP contribution in [0, 0.1) is 13.8 Å². The van der Waals surface area contributed by atoms with Crippen LogP contribution in [0.4, 0.5) is 11.6 Å². The number of hydrogen-bond donors (Lipinski definition) is 3. The van der Waals surface area contributed by atoms with Crippen molar-refractivity contribution in [3.05, 3.63) is 69.6 Å². The maximum absolute atomic E-state index is 12.1. The summed E-state index contributed by atoms with van der Waals surface area (Å²) in [5.74, 6) is 0.382. The van der Waals surface area contributed by atoms with Crippen molar-refractivity contribution in [3.63, 3.8) is 0 Å². The average molecular weight is 392 g/mol. The minimum absolute atomic E-state index is 0.0782. The van der Waals surface area contributed by atoms with Gasteiger partial charge in [-0.15, -0.1) is 11.3 Å². The molecule has 0 unspecified atom stereocenters. The Balaban J connectivity index is 1.57. The second-order valence-electron chi connectivity index (χ2n) is 6.64. The van der Waals surface area contributed by atoms with E-state index in [1.165, 1.54) is 10.3 Å². The van der Waals surface area contributed by atoms with Gasteiger partial charge in [0.15, 0.2) is 0 Å². The number of nitrogens with zero attached hydrogens (tertiary/aromatic N) is 2. The van der Waals surface area contributed by atoms with Gasteiger partial charge < -0.3 is 10.4 Å². The molecule has 2 aromatic carbocycles. The Morgan fingerprint density at radius 3 is 2.61 bits per heavy atom. The molecule has 3 N–H and O–H groups in total. The van der Waals surface area contributed by atoms with Crippen molar-refractivity contribution in [1.82, 2.24) is 15.0 Å². The first kappa shape index (κ1) is 18.3. The third kappa shape index (κ3) is 3.67. The van der Waals surface area contributed by atoms with E-state index in [0.29, 0.717) is 23.6 Å². The summed E-state index contributed by atoms with van der Waals surface area (Å²) in [5.41, 5.74) is 4.98. The molecular weight excluding hydrogens is 372 g/mol. The summed E-state index contributed by atoms with van der Waals surface area (Å²) in [6.07, 6.45) is 0.296. The molecular formula is C21H20N4O2S. The molecule has 0 aliphatic heterocycles. The maximum atomic E-state index is 12.1. The van der Waals surface area contributed by atoms with Crippen molar-refractivity contribution >= 4 is 33.2 Å². The van der Waals surface area contributed by atoms with Crippen molar-refractivity contribution in [2.24, 2.45) is 0 Å². The van der Waals surface area contributed by atoms with Crippen LogP contribution in [-0.2, 0) is 6.42 Å². The fourth-order valence-electron chi connectivity index (χ4n) is 3.06. The van der Waals surface area contributed by atoms with Gasteiger partial charge in [0.05, 0.1) is 15.9 Å². The van der Waals surface area contributed by atoms with E-state index in [2.05, 4.69) is 34.3 Å². The lowest BCUT2D eigenvalue weighted by molar-refractivity contribution is 0.298. The molecule has 7 heteroatoms. The lowest BCUT2D eigenvalue weighted by Crippen LogP contribution is -2.19. The molecule has 0 atom stereocenters. The number of aromatic nitrogens is 3. The summed E-state index contributed by atoms with van der Waals surface area (Å²) < 4.78 is 1.18. The number of hydrogen-bond acceptors (Lipinski definition) is 6. The Labute approximate surface area is 165 Å². The summed E-state index contributed by atoms with van der Waals surface area (Å²) in [7, 11) is 0. The standard InChI is InChI=1S/C21H20N4O2S/c1-12-3-8-17-18(11-12)28-20(24-17)14-4-6-15(7-5-14)23-21-22-13(2)16(9-10-26)19(27)25-21/h3-8,11,26H,9-10H2,1-2H3,(H2,22,23,25,27). The quantitative estimate of drug-likeness (QED) is 0.478. The summed E-state index contributed by atoms with van der Waals surface area (Å²) in [6, 6.07) is 14.1. The van der Waals surface area contributed by atoms with Crippen molar-refractivity contribution in [2.45, 2.75) is 20.3 Å². The number of fused-ring (bicyclic) bond motifs is 1. The molecule has 0 spiro atoms. The molecule has 2 heterocycles. The number of anilines is 2. The fourth-order valence-corrected chi connectivity index (χ4v) is 4.13. The van der Waals surface area contributed by atoms with Crippen molar-refractivity contribution < 1.29 is 5.11 Å². The minimum atomic E-state index is -0.231. The predicted octanol–water partition coefficient (Wildman–Crippen LogP) is 3.94. The summed E-state index contributed by atoms with van der Waals surface area (Å²) in [4.78, 5) is 23.9. The zero-order valence-electron chi connectivity index (χ0n) is 15.6. The van der Waals surface area contributed by atoms with E-state index in [-0.39, 0.29) is 12.2 Å². The molecule has 142 valence electrons. The van der Waals surface area contributed by atoms with E-state index in [9.17, 15) is 4.79 Å². The van der Waals surface area contributed by atoms with E-state index in [1.807, 2.05) is 30.3 Å². The van der Waals surface area contributed by atoms with Crippen LogP contribution in [0.2, 0.25) is 0 Å². The topological polar surface area (TPSA) is 90.9 Å². The highest BCUT2D eigenvalue weighted by Crippen LogP contribution is 2.31. The van der Waals surface area contributed by atoms with Gasteiger partial charge in [0.1, 0.15) is 5.01 Å². The van der Waals surface area contributed by atoms with Crippen LogP contribution in [0.5, 0.6) is 0 Å². The van der Waals surface area contributed by atoms with Crippen LogP contribution in [0.1, 0.15) is 16.8 Å². The van der Waals surface area contributed by atoms with E-state index >= 15 is 0 Å². The van der Waals surface area contributed by atoms with Gasteiger partial charge in [-0.3, -0.25) is 9.78 Å². The van der Waals surface area contributed by atoms with Crippen LogP contribution in [0.3, 0.4) is 0 Å². The van der Waals surface area contributed by atoms with Crippen molar-refractivity contribution in [3.8, 4) is 10.6 Å². The molecule has 0 saturated heterocycles. The number of benzene rings is 2. The van der Waals surface area contributed by atoms with Crippen LogP contribution in [0.25, 0.3) is 20.8 Å². The van der Waals surface area contributed by atoms with Gasteiger partial charge in [-0.1, -0.05) is 6.07 Å². The number of aliphatic hydroxyl groups is 1. The van der Waals surface area contributed by atoms with Crippen LogP contribution in [-0.4, -0.2) is 26.7 Å². The van der Waals surface area contributed by atoms with E-state index in [4.69, 9.17) is 10.1 Å². The van der Waals surface area contributed by atoms with E-state index < -0.39 is 0 Å². The predicted molar refractivity (Wildman–Crippen MR) is 113 cm³/mol. The lowest BCUT2D eigenvalue weighted by atomic mass is 10.2. The monoisotopic (exact) mass is 392 g/mol. The SMILES string of the molecule is Cc1ccc2nc(-c3ccc(Nc4nc(C)c(CCO)c(=O)[nH]4)cc3)sc2c1. The minimum Gasteiger partial charge on any atom is -0.396 e.